The average molecular weight is 340 g/mol. The van der Waals surface area contributed by atoms with E-state index in [1.54, 1.807) is 11.6 Å². The van der Waals surface area contributed by atoms with Crippen LogP contribution in [-0.4, -0.2) is 46.8 Å². The zero-order valence-corrected chi connectivity index (χ0v) is 14.9. The third-order valence-electron chi connectivity index (χ3n) is 4.23. The molecule has 1 amide bonds. The number of anilines is 1. The Morgan fingerprint density at radius 1 is 1.28 bits per heavy atom. The second-order valence-electron chi connectivity index (χ2n) is 6.36. The van der Waals surface area contributed by atoms with Gasteiger partial charge < -0.3 is 15.0 Å². The number of nitrogens with zero attached hydrogens (tertiary/aromatic N) is 3. The first-order valence-electron chi connectivity index (χ1n) is 8.47. The zero-order chi connectivity index (χ0) is 17.8. The average Bonchev–Trinajstić information content (AvgIpc) is 2.96. The van der Waals surface area contributed by atoms with Crippen molar-refractivity contribution in [1.29, 1.82) is 0 Å². The lowest BCUT2D eigenvalue weighted by molar-refractivity contribution is -0.122. The maximum Gasteiger partial charge on any atom is 0.266 e. The summed E-state index contributed by atoms with van der Waals surface area (Å²) < 4.78 is 7.36. The van der Waals surface area contributed by atoms with E-state index in [1.807, 2.05) is 43.4 Å². The number of hydrogen-bond donors (Lipinski definition) is 1. The molecule has 3 rings (SSSR count). The highest BCUT2D eigenvalue weighted by Crippen LogP contribution is 2.22. The third-order valence-corrected chi connectivity index (χ3v) is 4.23. The van der Waals surface area contributed by atoms with Crippen LogP contribution in [0.2, 0.25) is 0 Å². The molecule has 0 saturated carbocycles. The largest absolute Gasteiger partial charge is 0.481 e. The Balaban J connectivity index is 1.66. The van der Waals surface area contributed by atoms with Crippen LogP contribution >= 0.6 is 0 Å². The number of para-hydroxylation sites is 1. The normalized spacial score (nSPS) is 16.2. The molecule has 0 fully saturated rings. The van der Waals surface area contributed by atoms with Gasteiger partial charge in [0.15, 0.2) is 6.10 Å². The van der Waals surface area contributed by atoms with Gasteiger partial charge in [-0.15, -0.1) is 0 Å². The summed E-state index contributed by atoms with van der Waals surface area (Å²) in [6.45, 7) is 3.67. The van der Waals surface area contributed by atoms with Crippen LogP contribution in [0, 0.1) is 0 Å². The molecule has 0 radical (unpaired) electrons. The third kappa shape index (κ3) is 4.28. The summed E-state index contributed by atoms with van der Waals surface area (Å²) in [4.78, 5) is 14.7. The lowest BCUT2D eigenvalue weighted by Crippen LogP contribution is -2.30. The Morgan fingerprint density at radius 3 is 2.76 bits per heavy atom. The molecule has 1 aromatic heterocycles. The molecule has 0 bridgehead atoms. The molecule has 2 heterocycles. The van der Waals surface area contributed by atoms with Crippen LogP contribution in [0.25, 0.3) is 5.57 Å². The topological polar surface area (TPSA) is 59.4 Å². The van der Waals surface area contributed by atoms with Crippen molar-refractivity contribution in [3.63, 3.8) is 0 Å². The highest BCUT2D eigenvalue weighted by Gasteiger charge is 2.19. The van der Waals surface area contributed by atoms with Gasteiger partial charge in [-0.3, -0.25) is 9.48 Å². The Morgan fingerprint density at radius 2 is 2.04 bits per heavy atom. The van der Waals surface area contributed by atoms with Crippen LogP contribution < -0.4 is 10.1 Å². The Labute approximate surface area is 148 Å². The molecule has 0 unspecified atom stereocenters. The highest BCUT2D eigenvalue weighted by atomic mass is 16.5. The molecule has 1 aromatic carbocycles. The fourth-order valence-corrected chi connectivity index (χ4v) is 2.80. The SMILES string of the molecule is C[C@@H](Oc1ccccc1)C(=O)Nc1cc(C2=CCCN(C)C2)nn1C. The number of benzene rings is 1. The van der Waals surface area contributed by atoms with E-state index in [0.29, 0.717) is 11.6 Å². The summed E-state index contributed by atoms with van der Waals surface area (Å²) >= 11 is 0. The lowest BCUT2D eigenvalue weighted by Gasteiger charge is -2.21. The van der Waals surface area contributed by atoms with Gasteiger partial charge in [0.05, 0.1) is 5.69 Å². The minimum atomic E-state index is -0.597. The van der Waals surface area contributed by atoms with Crippen LogP contribution in [0.5, 0.6) is 5.75 Å². The van der Waals surface area contributed by atoms with Crippen LogP contribution in [0.4, 0.5) is 5.82 Å². The van der Waals surface area contributed by atoms with Crippen molar-refractivity contribution < 1.29 is 9.53 Å². The van der Waals surface area contributed by atoms with E-state index < -0.39 is 6.10 Å². The number of hydrogen-bond acceptors (Lipinski definition) is 4. The highest BCUT2D eigenvalue weighted by molar-refractivity contribution is 5.93. The number of carbonyl (C=O) groups is 1. The molecule has 1 atom stereocenters. The number of nitrogens with one attached hydrogen (secondary N) is 1. The fourth-order valence-electron chi connectivity index (χ4n) is 2.80. The summed E-state index contributed by atoms with van der Waals surface area (Å²) in [5, 5.41) is 7.43. The minimum absolute atomic E-state index is 0.201. The molecule has 1 aliphatic rings. The number of amides is 1. The van der Waals surface area contributed by atoms with Crippen molar-refractivity contribution >= 4 is 17.3 Å². The molecule has 132 valence electrons. The number of aryl methyl sites for hydroxylation is 1. The molecule has 0 spiro atoms. The van der Waals surface area contributed by atoms with E-state index in [-0.39, 0.29) is 5.91 Å². The van der Waals surface area contributed by atoms with E-state index in [0.717, 1.165) is 25.2 Å². The number of rotatable bonds is 5. The van der Waals surface area contributed by atoms with Crippen molar-refractivity contribution in [3.05, 3.63) is 48.2 Å². The van der Waals surface area contributed by atoms with Gasteiger partial charge in [-0.25, -0.2) is 0 Å². The number of carbonyl (C=O) groups excluding carboxylic acids is 1. The second-order valence-corrected chi connectivity index (χ2v) is 6.36. The van der Waals surface area contributed by atoms with E-state index in [4.69, 9.17) is 4.74 Å². The smallest absolute Gasteiger partial charge is 0.266 e. The Bertz CT molecular complexity index is 767. The Hall–Kier alpha value is -2.60. The van der Waals surface area contributed by atoms with E-state index in [2.05, 4.69) is 28.4 Å². The van der Waals surface area contributed by atoms with Gasteiger partial charge in [-0.1, -0.05) is 24.3 Å². The molecule has 2 aromatic rings. The quantitative estimate of drug-likeness (QED) is 0.909. The minimum Gasteiger partial charge on any atom is -0.481 e. The van der Waals surface area contributed by atoms with Crippen LogP contribution in [0.1, 0.15) is 19.0 Å². The predicted octanol–water partition coefficient (Wildman–Crippen LogP) is 2.55. The van der Waals surface area contributed by atoms with Crippen LogP contribution in [-0.2, 0) is 11.8 Å². The molecule has 0 aliphatic carbocycles. The first kappa shape index (κ1) is 17.2. The molecule has 6 heteroatoms. The van der Waals surface area contributed by atoms with Gasteiger partial charge in [-0.2, -0.15) is 5.10 Å². The van der Waals surface area contributed by atoms with Gasteiger partial charge in [0.1, 0.15) is 11.6 Å². The maximum atomic E-state index is 12.4. The van der Waals surface area contributed by atoms with Crippen molar-refractivity contribution in [2.75, 3.05) is 25.5 Å². The van der Waals surface area contributed by atoms with Gasteiger partial charge in [0, 0.05) is 26.2 Å². The molecular formula is C19H24N4O2. The second kappa shape index (κ2) is 7.53. The van der Waals surface area contributed by atoms with Gasteiger partial charge >= 0.3 is 0 Å². The van der Waals surface area contributed by atoms with Gasteiger partial charge in [-0.05, 0) is 38.1 Å². The first-order valence-corrected chi connectivity index (χ1v) is 8.47. The zero-order valence-electron chi connectivity index (χ0n) is 14.9. The molecule has 0 saturated heterocycles. The first-order chi connectivity index (χ1) is 12.0. The van der Waals surface area contributed by atoms with Gasteiger partial charge in [0.25, 0.3) is 5.91 Å². The summed E-state index contributed by atoms with van der Waals surface area (Å²) in [5.41, 5.74) is 2.10. The number of ether oxygens (including phenoxy) is 1. The molecule has 1 aliphatic heterocycles. The summed E-state index contributed by atoms with van der Waals surface area (Å²) in [5.74, 6) is 1.14. The maximum absolute atomic E-state index is 12.4. The molecular weight excluding hydrogens is 316 g/mol. The van der Waals surface area contributed by atoms with Crippen molar-refractivity contribution in [2.24, 2.45) is 7.05 Å². The van der Waals surface area contributed by atoms with E-state index >= 15 is 0 Å². The van der Waals surface area contributed by atoms with Gasteiger partial charge in [0.2, 0.25) is 0 Å². The molecule has 25 heavy (non-hydrogen) atoms. The van der Waals surface area contributed by atoms with E-state index in [1.165, 1.54) is 5.57 Å². The van der Waals surface area contributed by atoms with Crippen molar-refractivity contribution in [1.82, 2.24) is 14.7 Å². The van der Waals surface area contributed by atoms with Crippen LogP contribution in [0.15, 0.2) is 42.5 Å². The number of aromatic nitrogens is 2. The fraction of sp³-hybridized carbons (Fsp3) is 0.368. The number of likely N-dealkylation sites (N-methyl/N-ethyl adjacent to an activating group) is 1. The Kier molecular flexibility index (Phi) is 5.19. The summed E-state index contributed by atoms with van der Waals surface area (Å²) in [6, 6.07) is 11.2. The lowest BCUT2D eigenvalue weighted by atomic mass is 10.1. The van der Waals surface area contributed by atoms with E-state index in [9.17, 15) is 4.79 Å². The molecule has 6 nitrogen and oxygen atoms in total. The van der Waals surface area contributed by atoms with Crippen molar-refractivity contribution in [2.45, 2.75) is 19.4 Å². The van der Waals surface area contributed by atoms with Crippen LogP contribution in [0.3, 0.4) is 0 Å². The summed E-state index contributed by atoms with van der Waals surface area (Å²) in [7, 11) is 3.93. The standard InChI is InChI=1S/C19H24N4O2/c1-14(25-16-9-5-4-6-10-16)19(24)20-18-12-17(21-23(18)3)15-8-7-11-22(2)13-15/h4-6,8-10,12,14H,7,11,13H2,1-3H3,(H,20,24)/t14-/m1/s1. The predicted molar refractivity (Wildman–Crippen MR) is 98.5 cm³/mol. The van der Waals surface area contributed by atoms with Crippen molar-refractivity contribution in [3.8, 4) is 5.75 Å². The summed E-state index contributed by atoms with van der Waals surface area (Å²) in [6.07, 6.45) is 2.64. The monoisotopic (exact) mass is 340 g/mol. The molecule has 1 N–H and O–H groups in total.